The Morgan fingerprint density at radius 3 is 1.84 bits per heavy atom. The molecule has 4 fully saturated rings. The summed E-state index contributed by atoms with van der Waals surface area (Å²) in [5.74, 6) is -1.44. The van der Waals surface area contributed by atoms with Gasteiger partial charge in [0.05, 0.1) is 0 Å². The van der Waals surface area contributed by atoms with Crippen molar-refractivity contribution in [3.63, 3.8) is 0 Å². The molecule has 0 bridgehead atoms. The number of fused-ring (bicyclic) bond motifs is 2. The van der Waals surface area contributed by atoms with E-state index in [9.17, 15) is 24.6 Å². The van der Waals surface area contributed by atoms with Crippen molar-refractivity contribution in [2.75, 3.05) is 0 Å². The minimum atomic E-state index is -1.99. The zero-order chi connectivity index (χ0) is 32.3. The van der Waals surface area contributed by atoms with Gasteiger partial charge in [0.2, 0.25) is 0 Å². The molecule has 2 N–H and O–H groups in total. The topological polar surface area (TPSA) is 138 Å². The molecule has 0 amide bonds. The SMILES string of the molecule is CC(=O)O[C@@H]1C=C([C@H]2O[C@H]3OC(O)C4=C[C@@H](OC(C)=O)[C@H]5C(C)(C)CCC[C@]5(C)[C@]43O2)[C@](O)(C=O)[C@@]2(C)CCCC(C)(C)[C@H]12. The van der Waals surface area contributed by atoms with Gasteiger partial charge in [-0.1, -0.05) is 54.4 Å². The van der Waals surface area contributed by atoms with E-state index in [1.54, 1.807) is 12.2 Å². The van der Waals surface area contributed by atoms with Gasteiger partial charge in [-0.15, -0.1) is 0 Å². The molecule has 2 aliphatic heterocycles. The van der Waals surface area contributed by atoms with Gasteiger partial charge in [0.15, 0.2) is 36.4 Å². The predicted octanol–water partition coefficient (Wildman–Crippen LogP) is 4.11. The van der Waals surface area contributed by atoms with Crippen LogP contribution >= 0.6 is 0 Å². The van der Waals surface area contributed by atoms with E-state index in [1.807, 2.05) is 6.92 Å². The zero-order valence-electron chi connectivity index (χ0n) is 27.2. The average Bonchev–Trinajstić information content (AvgIpc) is 3.38. The highest BCUT2D eigenvalue weighted by atomic mass is 16.8. The van der Waals surface area contributed by atoms with Crippen LogP contribution in [0.1, 0.15) is 93.9 Å². The third-order valence-electron chi connectivity index (χ3n) is 12.4. The van der Waals surface area contributed by atoms with Crippen molar-refractivity contribution in [3.8, 4) is 0 Å². The Morgan fingerprint density at radius 2 is 1.32 bits per heavy atom. The summed E-state index contributed by atoms with van der Waals surface area (Å²) < 4.78 is 31.3. The number of ether oxygens (including phenoxy) is 5. The number of carbonyl (C=O) groups excluding carboxylic acids is 3. The number of aliphatic hydroxyl groups is 2. The second-order valence-corrected chi connectivity index (χ2v) is 15.9. The molecule has 2 saturated carbocycles. The summed E-state index contributed by atoms with van der Waals surface area (Å²) in [6.07, 6.45) is 3.58. The Morgan fingerprint density at radius 1 is 0.818 bits per heavy atom. The number of carbonyl (C=O) groups is 3. The van der Waals surface area contributed by atoms with E-state index in [2.05, 4.69) is 34.6 Å². The minimum Gasteiger partial charge on any atom is -0.458 e. The van der Waals surface area contributed by atoms with Crippen LogP contribution in [0.15, 0.2) is 23.3 Å². The molecule has 10 nitrogen and oxygen atoms in total. The van der Waals surface area contributed by atoms with Gasteiger partial charge in [0.25, 0.3) is 0 Å². The Kier molecular flexibility index (Phi) is 7.20. The number of hydrogen-bond donors (Lipinski definition) is 2. The summed E-state index contributed by atoms with van der Waals surface area (Å²) in [6.45, 7) is 15.2. The number of aliphatic hydroxyl groups excluding tert-OH is 1. The molecular weight excluding hydrogens is 568 g/mol. The molecule has 244 valence electrons. The van der Waals surface area contributed by atoms with E-state index in [0.29, 0.717) is 24.7 Å². The normalized spacial score (nSPS) is 48.5. The first-order valence-corrected chi connectivity index (χ1v) is 16.0. The average molecular weight is 617 g/mol. The van der Waals surface area contributed by atoms with Gasteiger partial charge in [-0.2, -0.15) is 0 Å². The predicted molar refractivity (Wildman–Crippen MR) is 156 cm³/mol. The largest absolute Gasteiger partial charge is 0.458 e. The van der Waals surface area contributed by atoms with Crippen molar-refractivity contribution in [1.82, 2.24) is 0 Å². The molecule has 0 aromatic carbocycles. The van der Waals surface area contributed by atoms with Gasteiger partial charge in [0, 0.05) is 47.7 Å². The fourth-order valence-corrected chi connectivity index (χ4v) is 10.9. The Hall–Kier alpha value is -2.11. The molecule has 44 heavy (non-hydrogen) atoms. The van der Waals surface area contributed by atoms with Crippen LogP contribution in [0.5, 0.6) is 0 Å². The molecule has 10 heteroatoms. The molecule has 2 saturated heterocycles. The number of esters is 2. The Labute approximate surface area is 259 Å². The number of aldehydes is 1. The monoisotopic (exact) mass is 616 g/mol. The van der Waals surface area contributed by atoms with Crippen LogP contribution in [0.4, 0.5) is 0 Å². The minimum absolute atomic E-state index is 0.175. The standard InChI is InChI=1S/C34H48O10/c1-18(36)40-22-15-20-26(38)42-28-34(20,32(8)14-10-12-30(5,6)25(22)32)44-27(43-28)21-16-23(41-19(2)37)24-29(3,4)11-9-13-31(24,7)33(21,39)17-35/h15-17,22-28,38-39H,9-14H2,1-8H3/t22-,23-,24+,25+,26?,27+,28-,31+,32+,33-,34+/m1/s1. The van der Waals surface area contributed by atoms with E-state index < -0.39 is 65.0 Å². The molecule has 0 radical (unpaired) electrons. The van der Waals surface area contributed by atoms with E-state index >= 15 is 0 Å². The van der Waals surface area contributed by atoms with E-state index in [4.69, 9.17) is 23.7 Å². The molecule has 0 aromatic rings. The first-order valence-electron chi connectivity index (χ1n) is 16.0. The smallest absolute Gasteiger partial charge is 0.303 e. The van der Waals surface area contributed by atoms with Crippen LogP contribution in [0.2, 0.25) is 0 Å². The number of hydrogen-bond acceptors (Lipinski definition) is 10. The molecule has 2 heterocycles. The molecule has 1 spiro atoms. The lowest BCUT2D eigenvalue weighted by molar-refractivity contribution is -0.211. The molecule has 6 rings (SSSR count). The maximum Gasteiger partial charge on any atom is 0.303 e. The quantitative estimate of drug-likeness (QED) is 0.270. The van der Waals surface area contributed by atoms with Crippen LogP contribution in [0.25, 0.3) is 0 Å². The van der Waals surface area contributed by atoms with Gasteiger partial charge in [0.1, 0.15) is 12.2 Å². The van der Waals surface area contributed by atoms with Crippen molar-refractivity contribution in [2.45, 2.75) is 136 Å². The molecule has 0 aromatic heterocycles. The van der Waals surface area contributed by atoms with Crippen LogP contribution in [-0.4, -0.2) is 70.7 Å². The third kappa shape index (κ3) is 4.06. The molecular formula is C34H48O10. The second-order valence-electron chi connectivity index (χ2n) is 15.9. The van der Waals surface area contributed by atoms with Crippen molar-refractivity contribution in [3.05, 3.63) is 23.3 Å². The van der Waals surface area contributed by atoms with Crippen molar-refractivity contribution < 1.29 is 48.3 Å². The first kappa shape index (κ1) is 31.9. The highest BCUT2D eigenvalue weighted by molar-refractivity contribution is 5.73. The fourth-order valence-electron chi connectivity index (χ4n) is 10.9. The number of rotatable bonds is 4. The Bertz CT molecular complexity index is 1320. The van der Waals surface area contributed by atoms with E-state index in [0.717, 1.165) is 25.7 Å². The fraction of sp³-hybridized carbons (Fsp3) is 0.794. The summed E-state index contributed by atoms with van der Waals surface area (Å²) in [6, 6.07) is 0. The van der Waals surface area contributed by atoms with E-state index in [-0.39, 0.29) is 28.2 Å². The first-order chi connectivity index (χ1) is 20.4. The lowest BCUT2D eigenvalue weighted by Gasteiger charge is -2.61. The second kappa shape index (κ2) is 9.94. The molecule has 11 atom stereocenters. The van der Waals surface area contributed by atoms with E-state index in [1.165, 1.54) is 13.8 Å². The summed E-state index contributed by atoms with van der Waals surface area (Å²) >= 11 is 0. The molecule has 4 aliphatic carbocycles. The third-order valence-corrected chi connectivity index (χ3v) is 12.4. The highest BCUT2D eigenvalue weighted by Gasteiger charge is 2.76. The van der Waals surface area contributed by atoms with Crippen molar-refractivity contribution in [1.29, 1.82) is 0 Å². The van der Waals surface area contributed by atoms with Crippen LogP contribution in [0.3, 0.4) is 0 Å². The summed E-state index contributed by atoms with van der Waals surface area (Å²) in [5, 5.41) is 23.7. The maximum absolute atomic E-state index is 13.1. The summed E-state index contributed by atoms with van der Waals surface area (Å²) in [4.78, 5) is 37.7. The van der Waals surface area contributed by atoms with Crippen LogP contribution in [0, 0.1) is 33.5 Å². The van der Waals surface area contributed by atoms with Crippen LogP contribution < -0.4 is 0 Å². The summed E-state index contributed by atoms with van der Waals surface area (Å²) in [5.41, 5.74) is -5.02. The van der Waals surface area contributed by atoms with Crippen molar-refractivity contribution >= 4 is 18.2 Å². The van der Waals surface area contributed by atoms with Gasteiger partial charge in [-0.3, -0.25) is 14.4 Å². The lowest BCUT2D eigenvalue weighted by atomic mass is 9.46. The molecule has 6 aliphatic rings. The maximum atomic E-state index is 13.1. The van der Waals surface area contributed by atoms with Gasteiger partial charge in [-0.05, 0) is 48.7 Å². The molecule has 1 unspecified atom stereocenters. The van der Waals surface area contributed by atoms with Crippen molar-refractivity contribution in [2.24, 2.45) is 33.5 Å². The summed E-state index contributed by atoms with van der Waals surface area (Å²) in [7, 11) is 0. The van der Waals surface area contributed by atoms with Crippen LogP contribution in [-0.2, 0) is 38.1 Å². The zero-order valence-corrected chi connectivity index (χ0v) is 27.2. The highest BCUT2D eigenvalue weighted by Crippen LogP contribution is 2.69. The van der Waals surface area contributed by atoms with Gasteiger partial charge < -0.3 is 33.9 Å². The van der Waals surface area contributed by atoms with Gasteiger partial charge >= 0.3 is 11.9 Å². The lowest BCUT2D eigenvalue weighted by Crippen LogP contribution is -2.66. The Balaban J connectivity index is 1.50. The van der Waals surface area contributed by atoms with Gasteiger partial charge in [-0.25, -0.2) is 0 Å².